The van der Waals surface area contributed by atoms with Gasteiger partial charge in [0.25, 0.3) is 0 Å². The number of nitrogens with zero attached hydrogens (tertiary/aromatic N) is 3. The van der Waals surface area contributed by atoms with Gasteiger partial charge in [0.05, 0.1) is 17.4 Å². The molecule has 0 amide bonds. The molecule has 18 heavy (non-hydrogen) atoms. The molecule has 2 rings (SSSR count). The van der Waals surface area contributed by atoms with Gasteiger partial charge in [0.15, 0.2) is 5.15 Å². The molecule has 0 bridgehead atoms. The van der Waals surface area contributed by atoms with Crippen molar-refractivity contribution < 1.29 is 0 Å². The van der Waals surface area contributed by atoms with Crippen LogP contribution in [0.5, 0.6) is 0 Å². The van der Waals surface area contributed by atoms with Gasteiger partial charge in [-0.1, -0.05) is 11.6 Å². The lowest BCUT2D eigenvalue weighted by Crippen LogP contribution is -2.46. The minimum atomic E-state index is -0.00856. The number of pyridine rings is 1. The predicted molar refractivity (Wildman–Crippen MR) is 75.1 cm³/mol. The Morgan fingerprint density at radius 3 is 3.00 bits per heavy atom. The van der Waals surface area contributed by atoms with Gasteiger partial charge in [0.1, 0.15) is 5.71 Å². The van der Waals surface area contributed by atoms with E-state index in [1.54, 1.807) is 12.3 Å². The number of hydrogen-bond donors (Lipinski definition) is 2. The van der Waals surface area contributed by atoms with Crippen LogP contribution in [0.25, 0.3) is 0 Å². The van der Waals surface area contributed by atoms with Crippen LogP contribution in [0, 0.1) is 5.41 Å². The molecular weight excluding hydrogens is 250 g/mol. The van der Waals surface area contributed by atoms with E-state index in [-0.39, 0.29) is 6.04 Å². The molecule has 0 spiro atoms. The second-order valence-electron chi connectivity index (χ2n) is 4.17. The summed E-state index contributed by atoms with van der Waals surface area (Å²) >= 11 is 6.11. The number of hydrogen-bond acceptors (Lipinski definition) is 5. The third-order valence-corrected chi connectivity index (χ3v) is 3.37. The van der Waals surface area contributed by atoms with Crippen molar-refractivity contribution in [1.29, 1.82) is 5.41 Å². The SMILES string of the molecule is CCN/N=C1\C(=N)c2ccnc(Cl)c2N(C)C1C. The second-order valence-corrected chi connectivity index (χ2v) is 4.53. The van der Waals surface area contributed by atoms with E-state index in [4.69, 9.17) is 17.0 Å². The van der Waals surface area contributed by atoms with E-state index in [1.807, 2.05) is 25.8 Å². The number of halogens is 1. The molecule has 6 heteroatoms. The monoisotopic (exact) mass is 265 g/mol. The maximum atomic E-state index is 8.24. The predicted octanol–water partition coefficient (Wildman–Crippen LogP) is 1.91. The molecule has 1 unspecified atom stereocenters. The first-order chi connectivity index (χ1) is 8.57. The molecule has 96 valence electrons. The van der Waals surface area contributed by atoms with E-state index >= 15 is 0 Å². The third kappa shape index (κ3) is 1.95. The molecule has 1 aliphatic heterocycles. The van der Waals surface area contributed by atoms with E-state index in [0.29, 0.717) is 16.6 Å². The summed E-state index contributed by atoms with van der Waals surface area (Å²) in [6.45, 7) is 4.70. The summed E-state index contributed by atoms with van der Waals surface area (Å²) in [4.78, 5) is 6.07. The lowest BCUT2D eigenvalue weighted by atomic mass is 9.94. The van der Waals surface area contributed by atoms with Crippen molar-refractivity contribution in [3.05, 3.63) is 23.0 Å². The first-order valence-electron chi connectivity index (χ1n) is 5.85. The van der Waals surface area contributed by atoms with Gasteiger partial charge in [0.2, 0.25) is 0 Å². The van der Waals surface area contributed by atoms with Gasteiger partial charge in [-0.2, -0.15) is 5.10 Å². The number of aromatic nitrogens is 1. The van der Waals surface area contributed by atoms with E-state index in [0.717, 1.165) is 17.8 Å². The Hall–Kier alpha value is -1.62. The van der Waals surface area contributed by atoms with E-state index < -0.39 is 0 Å². The van der Waals surface area contributed by atoms with Crippen LogP contribution in [0.1, 0.15) is 19.4 Å². The Bertz CT molecular complexity index is 511. The number of anilines is 1. The smallest absolute Gasteiger partial charge is 0.152 e. The summed E-state index contributed by atoms with van der Waals surface area (Å²) in [5, 5.41) is 12.9. The molecule has 1 aromatic heterocycles. The maximum Gasteiger partial charge on any atom is 0.152 e. The molecule has 1 aromatic rings. The number of hydrazone groups is 1. The van der Waals surface area contributed by atoms with Crippen molar-refractivity contribution in [2.45, 2.75) is 19.9 Å². The van der Waals surface area contributed by atoms with Crippen LogP contribution in [-0.2, 0) is 0 Å². The highest BCUT2D eigenvalue weighted by Gasteiger charge is 2.32. The fourth-order valence-electron chi connectivity index (χ4n) is 2.00. The van der Waals surface area contributed by atoms with Gasteiger partial charge in [-0.25, -0.2) is 4.98 Å². The average Bonchev–Trinajstić information content (AvgIpc) is 2.36. The molecule has 1 aliphatic rings. The van der Waals surface area contributed by atoms with Crippen LogP contribution in [0.15, 0.2) is 17.4 Å². The molecule has 1 atom stereocenters. The lowest BCUT2D eigenvalue weighted by molar-refractivity contribution is 0.762. The first kappa shape index (κ1) is 12.8. The van der Waals surface area contributed by atoms with Crippen LogP contribution in [0.4, 0.5) is 5.69 Å². The third-order valence-electron chi connectivity index (χ3n) is 3.09. The van der Waals surface area contributed by atoms with Crippen molar-refractivity contribution in [3.8, 4) is 0 Å². The molecule has 0 saturated heterocycles. The van der Waals surface area contributed by atoms with Crippen LogP contribution in [-0.4, -0.2) is 36.0 Å². The highest BCUT2D eigenvalue weighted by molar-refractivity contribution is 6.52. The van der Waals surface area contributed by atoms with Gasteiger partial charge in [-0.05, 0) is 19.9 Å². The van der Waals surface area contributed by atoms with Crippen molar-refractivity contribution in [1.82, 2.24) is 10.4 Å². The fourth-order valence-corrected chi connectivity index (χ4v) is 2.29. The zero-order valence-electron chi connectivity index (χ0n) is 10.7. The van der Waals surface area contributed by atoms with Crippen LogP contribution in [0.3, 0.4) is 0 Å². The normalized spacial score (nSPS) is 21.1. The highest BCUT2D eigenvalue weighted by atomic mass is 35.5. The fraction of sp³-hybridized carbons (Fsp3) is 0.417. The summed E-state index contributed by atoms with van der Waals surface area (Å²) in [6.07, 6.45) is 1.62. The van der Waals surface area contributed by atoms with Crippen molar-refractivity contribution in [3.63, 3.8) is 0 Å². The summed E-state index contributed by atoms with van der Waals surface area (Å²) in [6, 6.07) is 1.79. The molecule has 0 aliphatic carbocycles. The van der Waals surface area contributed by atoms with Crippen LogP contribution < -0.4 is 10.3 Å². The Morgan fingerprint density at radius 1 is 1.61 bits per heavy atom. The molecule has 0 aromatic carbocycles. The van der Waals surface area contributed by atoms with E-state index in [9.17, 15) is 0 Å². The zero-order chi connectivity index (χ0) is 13.3. The van der Waals surface area contributed by atoms with Gasteiger partial charge in [0, 0.05) is 25.4 Å². The average molecular weight is 266 g/mol. The minimum absolute atomic E-state index is 0.00856. The van der Waals surface area contributed by atoms with Gasteiger partial charge in [-0.15, -0.1) is 0 Å². The molecule has 2 N–H and O–H groups in total. The maximum absolute atomic E-state index is 8.24. The molecule has 0 radical (unpaired) electrons. The molecule has 0 saturated carbocycles. The van der Waals surface area contributed by atoms with Gasteiger partial charge < -0.3 is 10.3 Å². The Kier molecular flexibility index (Phi) is 3.52. The number of nitrogens with one attached hydrogen (secondary N) is 2. The van der Waals surface area contributed by atoms with E-state index in [2.05, 4.69) is 15.5 Å². The summed E-state index contributed by atoms with van der Waals surface area (Å²) < 4.78 is 0. The zero-order valence-corrected chi connectivity index (χ0v) is 11.4. The van der Waals surface area contributed by atoms with Crippen LogP contribution >= 0.6 is 11.6 Å². The van der Waals surface area contributed by atoms with Gasteiger partial charge in [-0.3, -0.25) is 5.41 Å². The number of fused-ring (bicyclic) bond motifs is 1. The molecular formula is C12H16ClN5. The minimum Gasteiger partial charge on any atom is -0.363 e. The summed E-state index contributed by atoms with van der Waals surface area (Å²) in [7, 11) is 1.94. The quantitative estimate of drug-likeness (QED) is 0.634. The van der Waals surface area contributed by atoms with Gasteiger partial charge >= 0.3 is 0 Å². The highest BCUT2D eigenvalue weighted by Crippen LogP contribution is 2.33. The Balaban J connectivity index is 2.54. The molecule has 2 heterocycles. The standard InChI is InChI=1S/C12H16ClN5/c1-4-16-17-10-7(2)18(3)11-8(9(10)14)5-6-15-12(11)13/h5-7,14,16H,4H2,1-3H3/b14-9?,17-10-. The largest absolute Gasteiger partial charge is 0.363 e. The van der Waals surface area contributed by atoms with Crippen molar-refractivity contribution in [2.75, 3.05) is 18.5 Å². The first-order valence-corrected chi connectivity index (χ1v) is 6.22. The van der Waals surface area contributed by atoms with Crippen molar-refractivity contribution >= 4 is 28.7 Å². The summed E-state index contributed by atoms with van der Waals surface area (Å²) in [5.74, 6) is 0. The Labute approximate surface area is 111 Å². The lowest BCUT2D eigenvalue weighted by Gasteiger charge is -2.35. The van der Waals surface area contributed by atoms with Crippen molar-refractivity contribution in [2.24, 2.45) is 5.10 Å². The van der Waals surface area contributed by atoms with Crippen LogP contribution in [0.2, 0.25) is 5.15 Å². The summed E-state index contributed by atoms with van der Waals surface area (Å²) in [5.41, 5.74) is 5.61. The molecule has 0 fully saturated rings. The molecule has 5 nitrogen and oxygen atoms in total. The second kappa shape index (κ2) is 4.94. The van der Waals surface area contributed by atoms with E-state index in [1.165, 1.54) is 0 Å². The number of rotatable bonds is 2. The Morgan fingerprint density at radius 2 is 2.33 bits per heavy atom. The topological polar surface area (TPSA) is 64.4 Å².